The molecule has 1 aromatic heterocycles. The lowest BCUT2D eigenvalue weighted by Crippen LogP contribution is -2.14. The minimum atomic E-state index is -0.913. The van der Waals surface area contributed by atoms with Crippen LogP contribution in [0.2, 0.25) is 0 Å². The van der Waals surface area contributed by atoms with Gasteiger partial charge in [-0.15, -0.1) is 0 Å². The molecular formula is C20H25NO7. The summed E-state index contributed by atoms with van der Waals surface area (Å²) in [7, 11) is 2.73. The van der Waals surface area contributed by atoms with Crippen molar-refractivity contribution in [3.8, 4) is 23.1 Å². The van der Waals surface area contributed by atoms with Gasteiger partial charge in [0.25, 0.3) is 0 Å². The third kappa shape index (κ3) is 5.87. The van der Waals surface area contributed by atoms with Gasteiger partial charge in [-0.2, -0.15) is 0 Å². The molecule has 0 fully saturated rings. The molecule has 0 unspecified atom stereocenters. The number of pyridine rings is 1. The summed E-state index contributed by atoms with van der Waals surface area (Å²) in [5.41, 5.74) is 0.849. The van der Waals surface area contributed by atoms with Crippen LogP contribution in [0.4, 0.5) is 4.79 Å². The van der Waals surface area contributed by atoms with Crippen LogP contribution < -0.4 is 18.9 Å². The van der Waals surface area contributed by atoms with Gasteiger partial charge in [-0.25, -0.2) is 14.6 Å². The van der Waals surface area contributed by atoms with Crippen molar-refractivity contribution in [3.05, 3.63) is 41.6 Å². The Bertz CT molecular complexity index is 780. The van der Waals surface area contributed by atoms with Crippen molar-refractivity contribution in [2.45, 2.75) is 27.7 Å². The van der Waals surface area contributed by atoms with E-state index in [4.69, 9.17) is 23.7 Å². The molecule has 0 spiro atoms. The summed E-state index contributed by atoms with van der Waals surface area (Å²) in [6, 6.07) is 6.25. The number of hydrogen-bond acceptors (Lipinski definition) is 8. The van der Waals surface area contributed by atoms with Gasteiger partial charge in [0.05, 0.1) is 26.4 Å². The highest BCUT2D eigenvalue weighted by Crippen LogP contribution is 2.39. The maximum Gasteiger partial charge on any atom is 0.514 e. The van der Waals surface area contributed by atoms with E-state index >= 15 is 0 Å². The third-order valence-corrected chi connectivity index (χ3v) is 3.29. The first kappa shape index (κ1) is 22.8. The minimum absolute atomic E-state index is 0.000910. The Hall–Kier alpha value is -3.29. The Kier molecular flexibility index (Phi) is 9.29. The number of aryl methyl sites for hydroxylation is 1. The molecule has 0 saturated carbocycles. The molecule has 0 atom stereocenters. The molecule has 1 aromatic carbocycles. The van der Waals surface area contributed by atoms with E-state index in [0.29, 0.717) is 5.56 Å². The SMILES string of the molecule is CC.CCOC(=O)Oc1c(OC)cc(C(=O)Oc2ncccc2C)cc1OC. The van der Waals surface area contributed by atoms with Gasteiger partial charge in [0, 0.05) is 11.8 Å². The number of rotatable bonds is 6. The molecule has 0 amide bonds. The number of methoxy groups -OCH3 is 2. The number of esters is 1. The average Bonchev–Trinajstić information content (AvgIpc) is 2.71. The van der Waals surface area contributed by atoms with Crippen LogP contribution >= 0.6 is 0 Å². The predicted molar refractivity (Wildman–Crippen MR) is 102 cm³/mol. The second-order valence-electron chi connectivity index (χ2n) is 5.01. The number of carbonyl (C=O) groups is 2. The molecule has 8 heteroatoms. The first-order chi connectivity index (χ1) is 13.5. The zero-order valence-electron chi connectivity index (χ0n) is 16.9. The van der Waals surface area contributed by atoms with Crippen LogP contribution in [0.1, 0.15) is 36.7 Å². The smallest absolute Gasteiger partial charge is 0.493 e. The molecule has 0 aliphatic heterocycles. The Labute approximate surface area is 164 Å². The molecular weight excluding hydrogens is 366 g/mol. The van der Waals surface area contributed by atoms with Gasteiger partial charge in [-0.3, -0.25) is 0 Å². The fraction of sp³-hybridized carbons (Fsp3) is 0.350. The van der Waals surface area contributed by atoms with E-state index < -0.39 is 12.1 Å². The van der Waals surface area contributed by atoms with E-state index in [1.165, 1.54) is 32.5 Å². The molecule has 28 heavy (non-hydrogen) atoms. The molecule has 1 heterocycles. The van der Waals surface area contributed by atoms with Crippen LogP contribution in [0, 0.1) is 6.92 Å². The van der Waals surface area contributed by atoms with Crippen molar-refractivity contribution in [3.63, 3.8) is 0 Å². The van der Waals surface area contributed by atoms with Crippen molar-refractivity contribution in [2.24, 2.45) is 0 Å². The molecule has 0 bridgehead atoms. The highest BCUT2D eigenvalue weighted by molar-refractivity contribution is 5.92. The van der Waals surface area contributed by atoms with Crippen molar-refractivity contribution < 1.29 is 33.3 Å². The summed E-state index contributed by atoms with van der Waals surface area (Å²) in [5, 5.41) is 0. The summed E-state index contributed by atoms with van der Waals surface area (Å²) < 4.78 is 25.5. The normalized spacial score (nSPS) is 9.50. The zero-order chi connectivity index (χ0) is 21.1. The molecule has 0 N–H and O–H groups in total. The zero-order valence-corrected chi connectivity index (χ0v) is 16.9. The lowest BCUT2D eigenvalue weighted by atomic mass is 10.2. The highest BCUT2D eigenvalue weighted by Gasteiger charge is 2.22. The van der Waals surface area contributed by atoms with Gasteiger partial charge in [0.1, 0.15) is 0 Å². The molecule has 0 aliphatic carbocycles. The average molecular weight is 391 g/mol. The van der Waals surface area contributed by atoms with E-state index in [1.54, 1.807) is 26.0 Å². The van der Waals surface area contributed by atoms with Crippen molar-refractivity contribution in [1.29, 1.82) is 0 Å². The van der Waals surface area contributed by atoms with Crippen LogP contribution in [0.5, 0.6) is 23.1 Å². The van der Waals surface area contributed by atoms with Crippen molar-refractivity contribution in [1.82, 2.24) is 4.98 Å². The summed E-state index contributed by atoms with van der Waals surface area (Å²) in [6.45, 7) is 7.57. The first-order valence-corrected chi connectivity index (χ1v) is 8.74. The van der Waals surface area contributed by atoms with Gasteiger partial charge in [-0.1, -0.05) is 19.9 Å². The molecule has 2 rings (SSSR count). The standard InChI is InChI=1S/C18H19NO7.C2H6/c1-5-24-18(21)25-15-13(22-3)9-12(10-14(15)23-4)17(20)26-16-11(2)7-6-8-19-16;1-2/h6-10H,5H2,1-4H3;1-2H3. The monoisotopic (exact) mass is 391 g/mol. The first-order valence-electron chi connectivity index (χ1n) is 8.74. The number of carbonyl (C=O) groups excluding carboxylic acids is 2. The number of hydrogen-bond donors (Lipinski definition) is 0. The molecule has 152 valence electrons. The maximum atomic E-state index is 12.4. The molecule has 0 radical (unpaired) electrons. The van der Waals surface area contributed by atoms with E-state index in [1.807, 2.05) is 13.8 Å². The number of benzene rings is 1. The Morgan fingerprint density at radius 3 is 2.14 bits per heavy atom. The maximum absolute atomic E-state index is 12.4. The van der Waals surface area contributed by atoms with Gasteiger partial charge >= 0.3 is 12.1 Å². The molecule has 0 saturated heterocycles. The number of aromatic nitrogens is 1. The summed E-state index contributed by atoms with van der Waals surface area (Å²) in [6.07, 6.45) is 0.608. The Morgan fingerprint density at radius 2 is 1.64 bits per heavy atom. The van der Waals surface area contributed by atoms with Crippen LogP contribution in [-0.4, -0.2) is 37.9 Å². The van der Waals surface area contributed by atoms with Crippen LogP contribution in [0.3, 0.4) is 0 Å². The summed E-state index contributed by atoms with van der Waals surface area (Å²) in [5.74, 6) is -0.239. The lowest BCUT2D eigenvalue weighted by Gasteiger charge is -2.14. The number of nitrogens with zero attached hydrogens (tertiary/aromatic N) is 1. The van der Waals surface area contributed by atoms with E-state index in [9.17, 15) is 9.59 Å². The summed E-state index contributed by atoms with van der Waals surface area (Å²) >= 11 is 0. The van der Waals surface area contributed by atoms with Gasteiger partial charge < -0.3 is 23.7 Å². The summed E-state index contributed by atoms with van der Waals surface area (Å²) in [4.78, 5) is 28.0. The van der Waals surface area contributed by atoms with Crippen LogP contribution in [0.15, 0.2) is 30.5 Å². The Morgan fingerprint density at radius 1 is 1.04 bits per heavy atom. The predicted octanol–water partition coefficient (Wildman–Crippen LogP) is 4.19. The Balaban J connectivity index is 0.00000190. The minimum Gasteiger partial charge on any atom is -0.493 e. The van der Waals surface area contributed by atoms with Crippen molar-refractivity contribution >= 4 is 12.1 Å². The van der Waals surface area contributed by atoms with Crippen LogP contribution in [0.25, 0.3) is 0 Å². The lowest BCUT2D eigenvalue weighted by molar-refractivity contribution is 0.0725. The molecule has 0 aliphatic rings. The van der Waals surface area contributed by atoms with Gasteiger partial charge in [-0.05, 0) is 32.0 Å². The topological polar surface area (TPSA) is 93.2 Å². The third-order valence-electron chi connectivity index (χ3n) is 3.29. The fourth-order valence-electron chi connectivity index (χ4n) is 2.05. The molecule has 8 nitrogen and oxygen atoms in total. The van der Waals surface area contributed by atoms with Crippen molar-refractivity contribution in [2.75, 3.05) is 20.8 Å². The number of ether oxygens (including phenoxy) is 5. The van der Waals surface area contributed by atoms with E-state index in [2.05, 4.69) is 4.98 Å². The second-order valence-corrected chi connectivity index (χ2v) is 5.01. The van der Waals surface area contributed by atoms with E-state index in [0.717, 1.165) is 0 Å². The van der Waals surface area contributed by atoms with Gasteiger partial charge in [0.2, 0.25) is 11.6 Å². The second kappa shape index (κ2) is 11.4. The highest BCUT2D eigenvalue weighted by atomic mass is 16.7. The molecule has 2 aromatic rings. The van der Waals surface area contributed by atoms with Gasteiger partial charge in [0.15, 0.2) is 11.5 Å². The van der Waals surface area contributed by atoms with E-state index in [-0.39, 0.29) is 35.3 Å². The largest absolute Gasteiger partial charge is 0.514 e. The van der Waals surface area contributed by atoms with Crippen LogP contribution in [-0.2, 0) is 4.74 Å². The fourth-order valence-corrected chi connectivity index (χ4v) is 2.05. The quantitative estimate of drug-likeness (QED) is 0.535.